The van der Waals surface area contributed by atoms with Crippen molar-refractivity contribution >= 4 is 7.60 Å². The van der Waals surface area contributed by atoms with E-state index >= 15 is 0 Å². The van der Waals surface area contributed by atoms with Crippen LogP contribution in [0.3, 0.4) is 0 Å². The van der Waals surface area contributed by atoms with Gasteiger partial charge in [-0.05, 0) is 6.42 Å². The van der Waals surface area contributed by atoms with Gasteiger partial charge in [0.15, 0.2) is 0 Å². The Morgan fingerprint density at radius 1 is 0.583 bits per heavy atom. The molecule has 0 aliphatic carbocycles. The van der Waals surface area contributed by atoms with Crippen LogP contribution in [0.15, 0.2) is 0 Å². The Kier molecular flexibility index (Phi) is 29.8. The average Bonchev–Trinajstić information content (AvgIpc) is 2.45. The van der Waals surface area contributed by atoms with Gasteiger partial charge in [0.25, 0.3) is 0 Å². The van der Waals surface area contributed by atoms with Crippen molar-refractivity contribution in [3.8, 4) is 0 Å². The molecule has 0 aliphatic heterocycles. The molecular formula is C18H41Na2O3P. The molecule has 0 aliphatic rings. The van der Waals surface area contributed by atoms with Crippen molar-refractivity contribution < 1.29 is 76.3 Å². The minimum Gasteiger partial charge on any atom is -1.00 e. The van der Waals surface area contributed by atoms with Crippen LogP contribution in [0.4, 0.5) is 0 Å². The van der Waals surface area contributed by atoms with Crippen LogP contribution < -0.4 is 59.1 Å². The molecule has 0 aromatic rings. The van der Waals surface area contributed by atoms with Gasteiger partial charge >= 0.3 is 66.7 Å². The van der Waals surface area contributed by atoms with Crippen molar-refractivity contribution in [3.63, 3.8) is 0 Å². The first-order chi connectivity index (χ1) is 10.6. The Balaban J connectivity index is -0.000000367. The summed E-state index contributed by atoms with van der Waals surface area (Å²) in [5.41, 5.74) is 0. The van der Waals surface area contributed by atoms with E-state index in [4.69, 9.17) is 9.79 Å². The van der Waals surface area contributed by atoms with Crippen molar-refractivity contribution in [2.75, 3.05) is 6.16 Å². The maximum Gasteiger partial charge on any atom is 1.00 e. The van der Waals surface area contributed by atoms with E-state index in [0.717, 1.165) is 12.8 Å². The van der Waals surface area contributed by atoms with Gasteiger partial charge in [-0.3, -0.25) is 4.57 Å². The van der Waals surface area contributed by atoms with E-state index in [1.165, 1.54) is 83.5 Å². The SMILES string of the molecule is CCCCCCCCCCCCCCCCCCP(=O)(O)O.[H-].[H-].[Na+].[Na+]. The third-order valence-electron chi connectivity index (χ3n) is 4.30. The van der Waals surface area contributed by atoms with E-state index in [1.807, 2.05) is 0 Å². The Labute approximate surface area is 198 Å². The topological polar surface area (TPSA) is 57.5 Å². The Morgan fingerprint density at radius 2 is 0.833 bits per heavy atom. The van der Waals surface area contributed by atoms with Gasteiger partial charge in [-0.25, -0.2) is 0 Å². The van der Waals surface area contributed by atoms with Crippen molar-refractivity contribution in [3.05, 3.63) is 0 Å². The van der Waals surface area contributed by atoms with E-state index < -0.39 is 7.60 Å². The van der Waals surface area contributed by atoms with Gasteiger partial charge in [0.2, 0.25) is 0 Å². The maximum absolute atomic E-state index is 10.7. The van der Waals surface area contributed by atoms with Gasteiger partial charge < -0.3 is 12.6 Å². The molecule has 0 spiro atoms. The Morgan fingerprint density at radius 3 is 1.08 bits per heavy atom. The average molecular weight is 382 g/mol. The summed E-state index contributed by atoms with van der Waals surface area (Å²) in [6.45, 7) is 2.27. The van der Waals surface area contributed by atoms with Gasteiger partial charge in [-0.15, -0.1) is 0 Å². The molecule has 0 aromatic heterocycles. The molecule has 0 atom stereocenters. The minimum atomic E-state index is -3.75. The van der Waals surface area contributed by atoms with E-state index in [1.54, 1.807) is 0 Å². The van der Waals surface area contributed by atoms with E-state index in [-0.39, 0.29) is 68.1 Å². The molecule has 6 heteroatoms. The molecule has 2 N–H and O–H groups in total. The zero-order valence-electron chi connectivity index (χ0n) is 18.8. The summed E-state index contributed by atoms with van der Waals surface area (Å²) in [6, 6.07) is 0. The number of rotatable bonds is 17. The fraction of sp³-hybridized carbons (Fsp3) is 1.00. The first-order valence-corrected chi connectivity index (χ1v) is 11.4. The first kappa shape index (κ1) is 30.9. The van der Waals surface area contributed by atoms with Crippen molar-refractivity contribution in [2.45, 2.75) is 110 Å². The molecular weight excluding hydrogens is 341 g/mol. The van der Waals surface area contributed by atoms with Crippen LogP contribution in [-0.2, 0) is 4.57 Å². The van der Waals surface area contributed by atoms with Crippen molar-refractivity contribution in [2.24, 2.45) is 0 Å². The second-order valence-corrected chi connectivity index (χ2v) is 8.47. The molecule has 0 rings (SSSR count). The third kappa shape index (κ3) is 28.9. The van der Waals surface area contributed by atoms with Crippen LogP contribution in [0.2, 0.25) is 0 Å². The molecule has 0 fully saturated rings. The molecule has 0 unspecified atom stereocenters. The molecule has 0 bridgehead atoms. The Bertz CT molecular complexity index is 283. The molecule has 0 saturated carbocycles. The molecule has 0 aromatic carbocycles. The zero-order chi connectivity index (χ0) is 16.5. The molecule has 0 saturated heterocycles. The fourth-order valence-corrected chi connectivity index (χ4v) is 3.50. The summed E-state index contributed by atoms with van der Waals surface area (Å²) in [6.07, 6.45) is 20.6. The molecule has 3 nitrogen and oxygen atoms in total. The van der Waals surface area contributed by atoms with Gasteiger partial charge in [-0.1, -0.05) is 103 Å². The normalized spacial score (nSPS) is 11.0. The number of hydrogen-bond donors (Lipinski definition) is 2. The summed E-state index contributed by atoms with van der Waals surface area (Å²) in [5, 5.41) is 0. The van der Waals surface area contributed by atoms with Crippen LogP contribution in [0.1, 0.15) is 113 Å². The predicted molar refractivity (Wildman–Crippen MR) is 98.7 cm³/mol. The fourth-order valence-electron chi connectivity index (χ4n) is 2.87. The standard InChI is InChI=1S/C18H39O3P.2Na.2H/c1-2-3-4-5-6-7-8-9-10-11-12-13-14-15-16-17-18-22(19,20)21;;;;/h2-18H2,1H3,(H2,19,20,21);;;;/q;2*+1;2*-1. The molecule has 138 valence electrons. The number of hydrogen-bond acceptors (Lipinski definition) is 1. The van der Waals surface area contributed by atoms with Crippen LogP contribution in [0.25, 0.3) is 0 Å². The smallest absolute Gasteiger partial charge is 1.00 e. The quantitative estimate of drug-likeness (QED) is 0.221. The number of unbranched alkanes of at least 4 members (excludes halogenated alkanes) is 15. The van der Waals surface area contributed by atoms with Gasteiger partial charge in [0, 0.05) is 6.16 Å². The van der Waals surface area contributed by atoms with Crippen LogP contribution >= 0.6 is 7.60 Å². The first-order valence-electron chi connectivity index (χ1n) is 9.61. The predicted octanol–water partition coefficient (Wildman–Crippen LogP) is 0.659. The van der Waals surface area contributed by atoms with Crippen LogP contribution in [0.5, 0.6) is 0 Å². The monoisotopic (exact) mass is 382 g/mol. The van der Waals surface area contributed by atoms with Crippen LogP contribution in [0, 0.1) is 0 Å². The summed E-state index contributed by atoms with van der Waals surface area (Å²) >= 11 is 0. The molecule has 24 heavy (non-hydrogen) atoms. The van der Waals surface area contributed by atoms with E-state index in [0.29, 0.717) is 6.42 Å². The third-order valence-corrected chi connectivity index (χ3v) is 5.20. The largest absolute Gasteiger partial charge is 1.00 e. The van der Waals surface area contributed by atoms with Crippen LogP contribution in [-0.4, -0.2) is 15.9 Å². The van der Waals surface area contributed by atoms with Gasteiger partial charge in [-0.2, -0.15) is 0 Å². The summed E-state index contributed by atoms with van der Waals surface area (Å²) in [7, 11) is -3.75. The molecule has 0 radical (unpaired) electrons. The summed E-state index contributed by atoms with van der Waals surface area (Å²) in [5.74, 6) is 0. The molecule has 0 amide bonds. The summed E-state index contributed by atoms with van der Waals surface area (Å²) < 4.78 is 10.7. The zero-order valence-corrected chi connectivity index (χ0v) is 21.7. The Hall–Kier alpha value is 2.15. The molecule has 0 heterocycles. The summed E-state index contributed by atoms with van der Waals surface area (Å²) in [4.78, 5) is 17.5. The second kappa shape index (κ2) is 23.2. The van der Waals surface area contributed by atoms with Gasteiger partial charge in [0.05, 0.1) is 0 Å². The maximum atomic E-state index is 10.7. The van der Waals surface area contributed by atoms with Crippen molar-refractivity contribution in [1.29, 1.82) is 0 Å². The van der Waals surface area contributed by atoms with E-state index in [9.17, 15) is 4.57 Å². The minimum absolute atomic E-state index is 0. The van der Waals surface area contributed by atoms with Gasteiger partial charge in [0.1, 0.15) is 0 Å². The van der Waals surface area contributed by atoms with Crippen molar-refractivity contribution in [1.82, 2.24) is 0 Å². The van der Waals surface area contributed by atoms with E-state index in [2.05, 4.69) is 6.92 Å². The second-order valence-electron chi connectivity index (χ2n) is 6.69.